The first kappa shape index (κ1) is 18.7. The van der Waals surface area contributed by atoms with Crippen LogP contribution in [0, 0.1) is 0 Å². The van der Waals surface area contributed by atoms with Gasteiger partial charge in [-0.3, -0.25) is 0 Å². The van der Waals surface area contributed by atoms with E-state index in [4.69, 9.17) is 4.74 Å². The number of hydrogen-bond acceptors (Lipinski definition) is 6. The van der Waals surface area contributed by atoms with Crippen LogP contribution in [0.1, 0.15) is 11.1 Å². The van der Waals surface area contributed by atoms with E-state index in [1.165, 1.54) is 0 Å². The minimum Gasteiger partial charge on any atom is -0.489 e. The van der Waals surface area contributed by atoms with Crippen LogP contribution in [0.4, 0.5) is 5.95 Å². The maximum Gasteiger partial charge on any atom is 0.265 e. The molecule has 1 N–H and O–H groups in total. The van der Waals surface area contributed by atoms with Crippen molar-refractivity contribution in [1.29, 1.82) is 0 Å². The zero-order valence-corrected chi connectivity index (χ0v) is 16.9. The molecule has 0 aliphatic rings. The number of rotatable bonds is 6. The first-order valence-corrected chi connectivity index (χ1v) is 9.92. The molecule has 0 radical (unpaired) electrons. The summed E-state index contributed by atoms with van der Waals surface area (Å²) in [5.74, 6) is 1.12. The highest BCUT2D eigenvalue weighted by Gasteiger charge is 2.11. The van der Waals surface area contributed by atoms with E-state index in [-0.39, 0.29) is 0 Å². The zero-order chi connectivity index (χ0) is 21.0. The number of aryl methyl sites for hydroxylation is 1. The molecular weight excluding hydrogens is 388 g/mol. The molecule has 5 rings (SSSR count). The van der Waals surface area contributed by atoms with Gasteiger partial charge in [0.2, 0.25) is 0 Å². The summed E-state index contributed by atoms with van der Waals surface area (Å²) in [5.41, 5.74) is 7.48. The second-order valence-electron chi connectivity index (χ2n) is 7.10. The molecule has 0 saturated heterocycles. The highest BCUT2D eigenvalue weighted by molar-refractivity contribution is 6.04. The molecule has 0 spiro atoms. The predicted octanol–water partition coefficient (Wildman–Crippen LogP) is 4.54. The summed E-state index contributed by atoms with van der Waals surface area (Å²) < 4.78 is 7.87. The zero-order valence-electron chi connectivity index (χ0n) is 16.9. The maximum absolute atomic E-state index is 5.87. The Hall–Kier alpha value is -4.26. The van der Waals surface area contributed by atoms with Crippen LogP contribution in [0.15, 0.2) is 84.0 Å². The Morgan fingerprint density at radius 3 is 2.71 bits per heavy atom. The van der Waals surface area contributed by atoms with E-state index in [0.717, 1.165) is 38.9 Å². The molecule has 0 bridgehead atoms. The summed E-state index contributed by atoms with van der Waals surface area (Å²) in [6, 6.07) is 25.8. The van der Waals surface area contributed by atoms with E-state index in [9.17, 15) is 0 Å². The predicted molar refractivity (Wildman–Crippen MR) is 122 cm³/mol. The number of hydrogen-bond donors (Lipinski definition) is 1. The minimum absolute atomic E-state index is 0.339. The first-order valence-electron chi connectivity index (χ1n) is 9.92. The van der Waals surface area contributed by atoms with E-state index in [0.29, 0.717) is 12.6 Å². The largest absolute Gasteiger partial charge is 0.489 e. The molecule has 0 aliphatic carbocycles. The lowest BCUT2D eigenvalue weighted by atomic mass is 10.2. The Morgan fingerprint density at radius 1 is 0.968 bits per heavy atom. The molecule has 0 aliphatic heterocycles. The fourth-order valence-electron chi connectivity index (χ4n) is 3.44. The average molecular weight is 408 g/mol. The molecule has 2 aromatic heterocycles. The van der Waals surface area contributed by atoms with E-state index >= 15 is 0 Å². The Labute approximate surface area is 179 Å². The van der Waals surface area contributed by atoms with Gasteiger partial charge < -0.3 is 9.30 Å². The van der Waals surface area contributed by atoms with Gasteiger partial charge in [0.1, 0.15) is 17.9 Å². The molecule has 31 heavy (non-hydrogen) atoms. The van der Waals surface area contributed by atoms with Gasteiger partial charge in [0, 0.05) is 12.4 Å². The van der Waals surface area contributed by atoms with Crippen molar-refractivity contribution in [1.82, 2.24) is 19.7 Å². The Bertz CT molecular complexity index is 1380. The normalized spacial score (nSPS) is 11.4. The Morgan fingerprint density at radius 2 is 1.81 bits per heavy atom. The fraction of sp³-hybridized carbons (Fsp3) is 0.0833. The molecule has 0 saturated carbocycles. The van der Waals surface area contributed by atoms with Crippen molar-refractivity contribution < 1.29 is 4.74 Å². The molecule has 0 unspecified atom stereocenters. The second kappa shape index (κ2) is 8.23. The molecule has 0 atom stereocenters. The maximum atomic E-state index is 5.87. The van der Waals surface area contributed by atoms with Gasteiger partial charge in [-0.05, 0) is 29.3 Å². The summed E-state index contributed by atoms with van der Waals surface area (Å²) >= 11 is 0. The van der Waals surface area contributed by atoms with Crippen molar-refractivity contribution in [3.63, 3.8) is 0 Å². The van der Waals surface area contributed by atoms with Crippen LogP contribution in [0.2, 0.25) is 0 Å². The smallest absolute Gasteiger partial charge is 0.265 e. The summed E-state index contributed by atoms with van der Waals surface area (Å²) in [6.45, 7) is 0.518. The average Bonchev–Trinajstić information content (AvgIpc) is 3.11. The second-order valence-corrected chi connectivity index (χ2v) is 7.10. The van der Waals surface area contributed by atoms with Gasteiger partial charge in [0.15, 0.2) is 5.65 Å². The number of nitrogens with one attached hydrogen (secondary N) is 1. The standard InChI is InChI=1S/C24H20N6O/c1-30-21-13-6-5-12-20(21)22-23(30)26-24(29-27-22)28-25-15-18-10-7-11-19(14-18)31-16-17-8-3-2-4-9-17/h2-15H,16H2,1H3,(H,26,28,29)/b25-15+. The number of para-hydroxylation sites is 1. The van der Waals surface area contributed by atoms with Crippen LogP contribution in [0.25, 0.3) is 22.1 Å². The van der Waals surface area contributed by atoms with Crippen molar-refractivity contribution in [2.75, 3.05) is 5.43 Å². The molecule has 0 fully saturated rings. The number of benzene rings is 3. The van der Waals surface area contributed by atoms with Crippen molar-refractivity contribution in [2.45, 2.75) is 6.61 Å². The molecule has 152 valence electrons. The number of nitrogens with zero attached hydrogens (tertiary/aromatic N) is 5. The third-order valence-corrected chi connectivity index (χ3v) is 4.99. The number of ether oxygens (including phenoxy) is 1. The number of fused-ring (bicyclic) bond motifs is 3. The molecule has 0 amide bonds. The molecule has 2 heterocycles. The van der Waals surface area contributed by atoms with Gasteiger partial charge in [0.05, 0.1) is 11.7 Å². The van der Waals surface area contributed by atoms with Gasteiger partial charge in [0.25, 0.3) is 5.95 Å². The van der Waals surface area contributed by atoms with E-state index in [2.05, 4.69) is 25.7 Å². The minimum atomic E-state index is 0.339. The fourth-order valence-corrected chi connectivity index (χ4v) is 3.44. The topological polar surface area (TPSA) is 77.2 Å². The van der Waals surface area contributed by atoms with Gasteiger partial charge in [-0.1, -0.05) is 60.7 Å². The van der Waals surface area contributed by atoms with Crippen LogP contribution in [-0.2, 0) is 13.7 Å². The monoisotopic (exact) mass is 408 g/mol. The van der Waals surface area contributed by atoms with Crippen LogP contribution >= 0.6 is 0 Å². The van der Waals surface area contributed by atoms with Crippen LogP contribution < -0.4 is 10.2 Å². The number of aromatic nitrogens is 4. The highest BCUT2D eigenvalue weighted by Crippen LogP contribution is 2.24. The third-order valence-electron chi connectivity index (χ3n) is 4.99. The van der Waals surface area contributed by atoms with Crippen molar-refractivity contribution >= 4 is 34.2 Å². The van der Waals surface area contributed by atoms with Crippen LogP contribution in [-0.4, -0.2) is 26.0 Å². The van der Waals surface area contributed by atoms with Gasteiger partial charge in [-0.25, -0.2) is 5.43 Å². The van der Waals surface area contributed by atoms with Crippen LogP contribution in [0.5, 0.6) is 5.75 Å². The van der Waals surface area contributed by atoms with Gasteiger partial charge in [-0.2, -0.15) is 10.1 Å². The molecular formula is C24H20N6O. The van der Waals surface area contributed by atoms with E-state index in [1.54, 1.807) is 6.21 Å². The lowest BCUT2D eigenvalue weighted by Crippen LogP contribution is -2.01. The summed E-state index contributed by atoms with van der Waals surface area (Å²) in [5, 5.41) is 13.8. The summed E-state index contributed by atoms with van der Waals surface area (Å²) in [6.07, 6.45) is 1.70. The summed E-state index contributed by atoms with van der Waals surface area (Å²) in [7, 11) is 1.97. The molecule has 7 heteroatoms. The van der Waals surface area contributed by atoms with E-state index in [1.807, 2.05) is 90.5 Å². The molecule has 3 aromatic carbocycles. The summed E-state index contributed by atoms with van der Waals surface area (Å²) in [4.78, 5) is 4.56. The van der Waals surface area contributed by atoms with Gasteiger partial charge >= 0.3 is 0 Å². The number of anilines is 1. The lowest BCUT2D eigenvalue weighted by Gasteiger charge is -2.06. The van der Waals surface area contributed by atoms with Crippen molar-refractivity contribution in [3.05, 3.63) is 90.0 Å². The Kier molecular flexibility index (Phi) is 4.98. The molecule has 7 nitrogen and oxygen atoms in total. The quantitative estimate of drug-likeness (QED) is 0.330. The third kappa shape index (κ3) is 3.93. The van der Waals surface area contributed by atoms with E-state index < -0.39 is 0 Å². The molecule has 5 aromatic rings. The number of hydrazone groups is 1. The van der Waals surface area contributed by atoms with Gasteiger partial charge in [-0.15, -0.1) is 10.2 Å². The van der Waals surface area contributed by atoms with Crippen molar-refractivity contribution in [3.8, 4) is 5.75 Å². The lowest BCUT2D eigenvalue weighted by molar-refractivity contribution is 0.306. The Balaban J connectivity index is 1.29. The first-order chi connectivity index (χ1) is 15.3. The highest BCUT2D eigenvalue weighted by atomic mass is 16.5. The van der Waals surface area contributed by atoms with Crippen molar-refractivity contribution in [2.24, 2.45) is 12.1 Å². The SMILES string of the molecule is Cn1c2ccccc2c2nnc(N/N=C/c3cccc(OCc4ccccc4)c3)nc21. The van der Waals surface area contributed by atoms with Crippen LogP contribution in [0.3, 0.4) is 0 Å².